The van der Waals surface area contributed by atoms with Gasteiger partial charge >= 0.3 is 0 Å². The predicted molar refractivity (Wildman–Crippen MR) is 194 cm³/mol. The minimum atomic E-state index is -3.37. The fourth-order valence-corrected chi connectivity index (χ4v) is 10.7. The number of nitrogens with zero attached hydrogens (tertiary/aromatic N) is 5. The molecule has 7 rings (SSSR count). The molecule has 3 aromatic carbocycles. The molecule has 0 aliphatic carbocycles. The first-order chi connectivity index (χ1) is 24.6. The summed E-state index contributed by atoms with van der Waals surface area (Å²) in [6, 6.07) is 28.1. The largest absolute Gasteiger partial charge is 0.491 e. The number of hydrogen-bond acceptors (Lipinski definition) is 7. The molecule has 1 unspecified atom stereocenters. The van der Waals surface area contributed by atoms with Crippen LogP contribution in [0.2, 0.25) is 18.6 Å². The Morgan fingerprint density at radius 3 is 2.53 bits per heavy atom. The van der Waals surface area contributed by atoms with Crippen molar-refractivity contribution in [2.45, 2.75) is 62.7 Å². The van der Waals surface area contributed by atoms with Crippen LogP contribution in [0.1, 0.15) is 41.6 Å². The summed E-state index contributed by atoms with van der Waals surface area (Å²) < 4.78 is 31.7. The molecule has 2 aliphatic rings. The molecule has 1 spiro atoms. The van der Waals surface area contributed by atoms with E-state index in [4.69, 9.17) is 9.47 Å². The Kier molecular flexibility index (Phi) is 9.25. The van der Waals surface area contributed by atoms with E-state index in [1.807, 2.05) is 92.0 Å². The second-order valence-corrected chi connectivity index (χ2v) is 17.7. The molecule has 0 radical (unpaired) electrons. The standard InChI is InChI=1S/C39H42FN5O5Si/c1-26-36(51(3,4)40)34(19-21-43-24-32(41-42-43)30(25-46)28-13-6-5-7-14-28)50-39(26)31-16-8-9-17-33(31)45(38(39)48)23-27-12-10-15-29(22-27)44-20-11-18-35(49-2)37(44)47/h5-18,20,22,24,26,30,34,36,46H,19,21,23,25H2,1-4H3/t26-,30?,34+,36-,39+/m1/s1. The zero-order chi connectivity index (χ0) is 35.9. The summed E-state index contributed by atoms with van der Waals surface area (Å²) in [4.78, 5) is 29.5. The molecule has 2 aromatic heterocycles. The van der Waals surface area contributed by atoms with Crippen molar-refractivity contribution in [2.75, 3.05) is 18.6 Å². The van der Waals surface area contributed by atoms with Gasteiger partial charge in [0.1, 0.15) is 0 Å². The predicted octanol–water partition coefficient (Wildman–Crippen LogP) is 5.97. The molecular weight excluding hydrogens is 666 g/mol. The lowest BCUT2D eigenvalue weighted by molar-refractivity contribution is -0.146. The molecular formula is C39H42FN5O5Si. The number of ether oxygens (including phenoxy) is 2. The number of fused-ring (bicyclic) bond motifs is 2. The topological polar surface area (TPSA) is 112 Å². The SMILES string of the molecule is COc1cccn(-c2cccc(CN3C(=O)[C@@]4(O[C@@H](CCn5cc(C(CO)c6ccccc6)nn5)[C@H]([Si](C)(C)F)[C@H]4C)c4ccccc43)c2)c1=O. The maximum atomic E-state index is 16.4. The number of rotatable bonds is 11. The third-order valence-corrected chi connectivity index (χ3v) is 12.9. The number of aryl methyl sites for hydroxylation is 1. The summed E-state index contributed by atoms with van der Waals surface area (Å²) in [6.45, 7) is 5.87. The highest BCUT2D eigenvalue weighted by Gasteiger charge is 2.66. The molecule has 264 valence electrons. The molecule has 1 amide bonds. The van der Waals surface area contributed by atoms with Crippen molar-refractivity contribution in [3.8, 4) is 11.4 Å². The smallest absolute Gasteiger partial charge is 0.297 e. The van der Waals surface area contributed by atoms with E-state index in [1.165, 1.54) is 11.7 Å². The van der Waals surface area contributed by atoms with Crippen LogP contribution in [0.5, 0.6) is 5.75 Å². The van der Waals surface area contributed by atoms with Crippen molar-refractivity contribution in [3.05, 3.63) is 136 Å². The number of anilines is 1. The van der Waals surface area contributed by atoms with Crippen LogP contribution in [-0.2, 0) is 28.2 Å². The quantitative estimate of drug-likeness (QED) is 0.133. The molecule has 1 saturated heterocycles. The third kappa shape index (κ3) is 6.11. The highest BCUT2D eigenvalue weighted by molar-refractivity contribution is 6.72. The van der Waals surface area contributed by atoms with Gasteiger partial charge in [-0.3, -0.25) is 18.8 Å². The Labute approximate surface area is 297 Å². The van der Waals surface area contributed by atoms with Crippen LogP contribution in [-0.4, -0.2) is 58.8 Å². The number of carbonyl (C=O) groups is 1. The molecule has 4 heterocycles. The molecule has 0 bridgehead atoms. The van der Waals surface area contributed by atoms with Crippen molar-refractivity contribution >= 4 is 20.0 Å². The number of halogens is 1. The van der Waals surface area contributed by atoms with Crippen LogP contribution in [0.15, 0.2) is 108 Å². The van der Waals surface area contributed by atoms with Crippen LogP contribution >= 0.6 is 0 Å². The Morgan fingerprint density at radius 1 is 1.02 bits per heavy atom. The van der Waals surface area contributed by atoms with Crippen LogP contribution in [0.4, 0.5) is 9.80 Å². The highest BCUT2D eigenvalue weighted by Crippen LogP contribution is 2.60. The average Bonchev–Trinajstić information content (AvgIpc) is 3.78. The zero-order valence-electron chi connectivity index (χ0n) is 29.1. The summed E-state index contributed by atoms with van der Waals surface area (Å²) in [6.07, 6.45) is 3.39. The maximum Gasteiger partial charge on any atom is 0.297 e. The number of aliphatic hydroxyl groups excluding tert-OH is 1. The molecule has 10 nitrogen and oxygen atoms in total. The van der Waals surface area contributed by atoms with Crippen molar-refractivity contribution < 1.29 is 23.5 Å². The van der Waals surface area contributed by atoms with Gasteiger partial charge in [0, 0.05) is 41.6 Å². The Bertz CT molecular complexity index is 2100. The first-order valence-corrected chi connectivity index (χ1v) is 20.2. The average molecular weight is 708 g/mol. The fourth-order valence-electron chi connectivity index (χ4n) is 8.15. The van der Waals surface area contributed by atoms with E-state index in [2.05, 4.69) is 10.3 Å². The molecule has 51 heavy (non-hydrogen) atoms. The van der Waals surface area contributed by atoms with Crippen LogP contribution in [0.25, 0.3) is 5.69 Å². The van der Waals surface area contributed by atoms with Crippen molar-refractivity contribution in [1.82, 2.24) is 19.6 Å². The summed E-state index contributed by atoms with van der Waals surface area (Å²) in [7, 11) is -1.91. The second-order valence-electron chi connectivity index (χ2n) is 13.9. The number of aliphatic hydroxyl groups is 1. The molecule has 1 fully saturated rings. The summed E-state index contributed by atoms with van der Waals surface area (Å²) in [5.41, 5.74) is 2.42. The first-order valence-electron chi connectivity index (χ1n) is 17.3. The number of carbonyl (C=O) groups excluding carboxylic acids is 1. The maximum absolute atomic E-state index is 16.4. The molecule has 1 N–H and O–H groups in total. The van der Waals surface area contributed by atoms with Crippen molar-refractivity contribution in [2.24, 2.45) is 5.92 Å². The Balaban J connectivity index is 1.17. The minimum absolute atomic E-state index is 0.111. The number of pyridine rings is 1. The molecule has 5 atom stereocenters. The van der Waals surface area contributed by atoms with Crippen LogP contribution < -0.4 is 15.2 Å². The lowest BCUT2D eigenvalue weighted by Gasteiger charge is -2.31. The minimum Gasteiger partial charge on any atom is -0.491 e. The Morgan fingerprint density at radius 2 is 1.78 bits per heavy atom. The lowest BCUT2D eigenvalue weighted by Crippen LogP contribution is -2.45. The number of hydrogen-bond donors (Lipinski definition) is 1. The summed E-state index contributed by atoms with van der Waals surface area (Å²) in [5, 5.41) is 18.8. The molecule has 12 heteroatoms. The monoisotopic (exact) mass is 707 g/mol. The number of para-hydroxylation sites is 1. The van der Waals surface area contributed by atoms with Crippen LogP contribution in [0, 0.1) is 5.92 Å². The molecule has 0 saturated carbocycles. The van der Waals surface area contributed by atoms with Gasteiger partial charge in [-0.05, 0) is 61.0 Å². The van der Waals surface area contributed by atoms with Gasteiger partial charge in [0.15, 0.2) is 11.4 Å². The first kappa shape index (κ1) is 34.5. The number of methoxy groups -OCH3 is 1. The van der Waals surface area contributed by atoms with Gasteiger partial charge in [0.25, 0.3) is 11.5 Å². The van der Waals surface area contributed by atoms with Crippen molar-refractivity contribution in [3.63, 3.8) is 0 Å². The van der Waals surface area contributed by atoms with Gasteiger partial charge in [-0.1, -0.05) is 72.8 Å². The van der Waals surface area contributed by atoms with E-state index in [9.17, 15) is 14.7 Å². The highest BCUT2D eigenvalue weighted by atomic mass is 28.4. The number of benzene rings is 3. The van der Waals surface area contributed by atoms with Crippen molar-refractivity contribution in [1.29, 1.82) is 0 Å². The lowest BCUT2D eigenvalue weighted by atomic mass is 9.82. The summed E-state index contributed by atoms with van der Waals surface area (Å²) in [5.74, 6) is -0.734. The second kappa shape index (κ2) is 13.7. The Hall–Kier alpha value is -4.91. The summed E-state index contributed by atoms with van der Waals surface area (Å²) >= 11 is 0. The third-order valence-electron chi connectivity index (χ3n) is 10.5. The van der Waals surface area contributed by atoms with E-state index in [0.29, 0.717) is 24.3 Å². The molecule has 5 aromatic rings. The fraction of sp³-hybridized carbons (Fsp3) is 0.333. The van der Waals surface area contributed by atoms with E-state index < -0.39 is 31.6 Å². The van der Waals surface area contributed by atoms with Gasteiger partial charge in [-0.2, -0.15) is 0 Å². The van der Waals surface area contributed by atoms with Gasteiger partial charge in [0.2, 0.25) is 8.41 Å². The van der Waals surface area contributed by atoms with E-state index >= 15 is 4.11 Å². The van der Waals surface area contributed by atoms with Gasteiger partial charge in [0.05, 0.1) is 43.7 Å². The number of aromatic nitrogens is 4. The number of amides is 1. The van der Waals surface area contributed by atoms with E-state index in [1.54, 1.807) is 41.0 Å². The molecule has 2 aliphatic heterocycles. The van der Waals surface area contributed by atoms with Gasteiger partial charge < -0.3 is 23.6 Å². The van der Waals surface area contributed by atoms with Gasteiger partial charge in [-0.15, -0.1) is 5.10 Å². The normalized spacial score (nSPS) is 22.0. The van der Waals surface area contributed by atoms with E-state index in [-0.39, 0.29) is 36.3 Å². The van der Waals surface area contributed by atoms with Crippen LogP contribution in [0.3, 0.4) is 0 Å². The van der Waals surface area contributed by atoms with Gasteiger partial charge in [-0.25, -0.2) is 0 Å². The zero-order valence-corrected chi connectivity index (χ0v) is 30.1. The van der Waals surface area contributed by atoms with E-state index in [0.717, 1.165) is 22.4 Å².